The van der Waals surface area contributed by atoms with E-state index in [2.05, 4.69) is 106 Å². The largest absolute Gasteiger partial charge is 0.309 e. The number of rotatable bonds is 3. The molecule has 0 bridgehead atoms. The van der Waals surface area contributed by atoms with E-state index in [4.69, 9.17) is 4.98 Å². The van der Waals surface area contributed by atoms with Gasteiger partial charge in [-0.05, 0) is 90.0 Å². The molecule has 6 aromatic carbocycles. The lowest BCUT2D eigenvalue weighted by Crippen LogP contribution is -1.97. The first-order valence-corrected chi connectivity index (χ1v) is 16.8. The maximum atomic E-state index is 10.2. The quantitative estimate of drug-likeness (QED) is 0.193. The standard InChI is InChI=1S/C43H23N5S/c44-24-26-14-16-37-35(21-26)32-9-1-3-11-36(32)48(37)31-20-27(25-45)19-29(23-31)28-7-5-8-30(22-28)47-38-17-15-34-33-10-2-4-13-40(33)49-43(34)41(38)42-39(47)12-6-18-46-42/h1-23H. The van der Waals surface area contributed by atoms with Gasteiger partial charge in [0, 0.05) is 53.9 Å². The molecule has 0 N–H and O–H groups in total. The van der Waals surface area contributed by atoms with Gasteiger partial charge in [-0.1, -0.05) is 54.6 Å². The molecule has 0 saturated heterocycles. The number of nitrogens with zero attached hydrogens (tertiary/aromatic N) is 5. The Morgan fingerprint density at radius 2 is 1.27 bits per heavy atom. The molecule has 10 rings (SSSR count). The third-order valence-corrected chi connectivity index (χ3v) is 10.8. The van der Waals surface area contributed by atoms with Crippen LogP contribution >= 0.6 is 11.3 Å². The molecule has 0 spiro atoms. The lowest BCUT2D eigenvalue weighted by atomic mass is 10.0. The van der Waals surface area contributed by atoms with Crippen molar-refractivity contribution in [3.05, 3.63) is 151 Å². The zero-order valence-electron chi connectivity index (χ0n) is 25.9. The third-order valence-electron chi connectivity index (χ3n) is 9.57. The van der Waals surface area contributed by atoms with Crippen molar-refractivity contribution in [1.82, 2.24) is 14.1 Å². The fourth-order valence-corrected chi connectivity index (χ4v) is 8.73. The molecule has 5 nitrogen and oxygen atoms in total. The fraction of sp³-hybridized carbons (Fsp3) is 0. The first-order chi connectivity index (χ1) is 24.2. The van der Waals surface area contributed by atoms with Gasteiger partial charge in [0.1, 0.15) is 0 Å². The van der Waals surface area contributed by atoms with Crippen molar-refractivity contribution in [3.63, 3.8) is 0 Å². The van der Waals surface area contributed by atoms with Crippen LogP contribution in [0.3, 0.4) is 0 Å². The topological polar surface area (TPSA) is 70.3 Å². The minimum absolute atomic E-state index is 0.575. The van der Waals surface area contributed by atoms with Crippen LogP contribution in [0.15, 0.2) is 140 Å². The molecule has 0 saturated carbocycles. The molecule has 0 aliphatic rings. The van der Waals surface area contributed by atoms with Crippen LogP contribution in [0.1, 0.15) is 11.1 Å². The Labute approximate surface area is 284 Å². The summed E-state index contributed by atoms with van der Waals surface area (Å²) in [4.78, 5) is 4.91. The molecule has 0 aliphatic carbocycles. The van der Waals surface area contributed by atoms with Crippen molar-refractivity contribution < 1.29 is 0 Å². The molecule has 0 radical (unpaired) electrons. The summed E-state index contributed by atoms with van der Waals surface area (Å²) in [7, 11) is 0. The number of benzene rings is 6. The van der Waals surface area contributed by atoms with Gasteiger partial charge in [-0.15, -0.1) is 11.3 Å². The fourth-order valence-electron chi connectivity index (χ4n) is 7.49. The molecule has 0 unspecified atom stereocenters. The van der Waals surface area contributed by atoms with Crippen molar-refractivity contribution in [3.8, 4) is 34.6 Å². The highest BCUT2D eigenvalue weighted by atomic mass is 32.1. The molecule has 226 valence electrons. The van der Waals surface area contributed by atoms with Gasteiger partial charge >= 0.3 is 0 Å². The molecule has 0 fully saturated rings. The maximum absolute atomic E-state index is 10.2. The van der Waals surface area contributed by atoms with Gasteiger partial charge in [0.2, 0.25) is 0 Å². The summed E-state index contributed by atoms with van der Waals surface area (Å²) in [6.45, 7) is 0. The Balaban J connectivity index is 1.19. The van der Waals surface area contributed by atoms with Crippen LogP contribution in [0, 0.1) is 22.7 Å². The van der Waals surface area contributed by atoms with E-state index in [0.717, 1.165) is 60.9 Å². The Hall–Kier alpha value is -6.73. The van der Waals surface area contributed by atoms with Crippen molar-refractivity contribution in [2.24, 2.45) is 0 Å². The molecular formula is C43H23N5S. The van der Waals surface area contributed by atoms with E-state index >= 15 is 0 Å². The normalized spacial score (nSPS) is 11.6. The molecule has 49 heavy (non-hydrogen) atoms. The van der Waals surface area contributed by atoms with Gasteiger partial charge in [-0.25, -0.2) is 0 Å². The lowest BCUT2D eigenvalue weighted by Gasteiger charge is -2.13. The Bertz CT molecular complexity index is 3090. The van der Waals surface area contributed by atoms with Crippen LogP contribution in [0.5, 0.6) is 0 Å². The maximum Gasteiger partial charge on any atom is 0.0992 e. The first kappa shape index (κ1) is 27.4. The first-order valence-electron chi connectivity index (χ1n) is 16.0. The summed E-state index contributed by atoms with van der Waals surface area (Å²) in [5.74, 6) is 0. The molecule has 10 aromatic rings. The van der Waals surface area contributed by atoms with Gasteiger partial charge in [0.25, 0.3) is 0 Å². The average molecular weight is 642 g/mol. The molecule has 6 heteroatoms. The number of pyridine rings is 1. The highest BCUT2D eigenvalue weighted by Gasteiger charge is 2.19. The smallest absolute Gasteiger partial charge is 0.0992 e. The number of thiophene rings is 1. The minimum Gasteiger partial charge on any atom is -0.309 e. The van der Waals surface area contributed by atoms with Gasteiger partial charge in [-0.3, -0.25) is 4.98 Å². The van der Waals surface area contributed by atoms with Crippen LogP contribution in [0.2, 0.25) is 0 Å². The van der Waals surface area contributed by atoms with E-state index in [1.54, 1.807) is 0 Å². The second-order valence-electron chi connectivity index (χ2n) is 12.3. The summed E-state index contributed by atoms with van der Waals surface area (Å²) in [5.41, 5.74) is 10.2. The van der Waals surface area contributed by atoms with E-state index in [9.17, 15) is 10.5 Å². The predicted octanol–water partition coefficient (Wildman–Crippen LogP) is 11.1. The van der Waals surface area contributed by atoms with Crippen LogP contribution < -0.4 is 0 Å². The van der Waals surface area contributed by atoms with E-state index in [1.165, 1.54) is 25.6 Å². The Morgan fingerprint density at radius 1 is 0.510 bits per heavy atom. The molecular weight excluding hydrogens is 619 g/mol. The molecule has 4 aromatic heterocycles. The van der Waals surface area contributed by atoms with Crippen molar-refractivity contribution in [1.29, 1.82) is 10.5 Å². The highest BCUT2D eigenvalue weighted by molar-refractivity contribution is 7.26. The summed E-state index contributed by atoms with van der Waals surface area (Å²) in [6.07, 6.45) is 1.87. The zero-order chi connectivity index (χ0) is 32.6. The summed E-state index contributed by atoms with van der Waals surface area (Å²) in [5, 5.41) is 25.6. The summed E-state index contributed by atoms with van der Waals surface area (Å²) >= 11 is 1.82. The molecule has 4 heterocycles. The number of aromatic nitrogens is 3. The highest BCUT2D eigenvalue weighted by Crippen LogP contribution is 2.43. The minimum atomic E-state index is 0.575. The molecule has 0 atom stereocenters. The van der Waals surface area contributed by atoms with Crippen LogP contribution in [-0.2, 0) is 0 Å². The Morgan fingerprint density at radius 3 is 2.16 bits per heavy atom. The van der Waals surface area contributed by atoms with E-state index in [0.29, 0.717) is 11.1 Å². The van der Waals surface area contributed by atoms with Gasteiger partial charge in [-0.2, -0.15) is 10.5 Å². The van der Waals surface area contributed by atoms with Crippen molar-refractivity contribution in [2.75, 3.05) is 0 Å². The van der Waals surface area contributed by atoms with Crippen molar-refractivity contribution in [2.45, 2.75) is 0 Å². The van der Waals surface area contributed by atoms with Gasteiger partial charge < -0.3 is 9.13 Å². The second kappa shape index (κ2) is 10.4. The summed E-state index contributed by atoms with van der Waals surface area (Å²) < 4.78 is 7.01. The average Bonchev–Trinajstić information content (AvgIpc) is 3.82. The Kier molecular flexibility index (Phi) is 5.81. The van der Waals surface area contributed by atoms with Gasteiger partial charge in [0.05, 0.1) is 50.8 Å². The van der Waals surface area contributed by atoms with E-state index < -0.39 is 0 Å². The number of nitriles is 2. The molecule has 0 aliphatic heterocycles. The number of hydrogen-bond donors (Lipinski definition) is 0. The van der Waals surface area contributed by atoms with Crippen LogP contribution in [0.25, 0.3) is 86.4 Å². The second-order valence-corrected chi connectivity index (χ2v) is 13.3. The zero-order valence-corrected chi connectivity index (χ0v) is 26.7. The SMILES string of the molecule is N#Cc1cc(-c2cccc(-n3c4cccnc4c4c5sc6ccccc6c5ccc43)c2)cc(-n2c3ccccc3c3cc(C#N)ccc32)c1. The van der Waals surface area contributed by atoms with E-state index in [-0.39, 0.29) is 0 Å². The lowest BCUT2D eigenvalue weighted by molar-refractivity contribution is 1.17. The van der Waals surface area contributed by atoms with Crippen LogP contribution in [-0.4, -0.2) is 14.1 Å². The van der Waals surface area contributed by atoms with E-state index in [1.807, 2.05) is 66.1 Å². The summed E-state index contributed by atoms with van der Waals surface area (Å²) in [6, 6.07) is 50.4. The van der Waals surface area contributed by atoms with Gasteiger partial charge in [0.15, 0.2) is 0 Å². The number of hydrogen-bond acceptors (Lipinski definition) is 4. The van der Waals surface area contributed by atoms with Crippen molar-refractivity contribution >= 4 is 75.3 Å². The third kappa shape index (κ3) is 3.99. The number of para-hydroxylation sites is 1. The monoisotopic (exact) mass is 641 g/mol. The van der Waals surface area contributed by atoms with Crippen LogP contribution in [0.4, 0.5) is 0 Å². The number of fused-ring (bicyclic) bond motifs is 10. The molecule has 0 amide bonds. The predicted molar refractivity (Wildman–Crippen MR) is 201 cm³/mol.